The van der Waals surface area contributed by atoms with Crippen LogP contribution >= 0.6 is 0 Å². The Hall–Kier alpha value is -3.58. The fourth-order valence-electron chi connectivity index (χ4n) is 4.28. The maximum Gasteiger partial charge on any atom is 0.259 e. The average Bonchev–Trinajstić information content (AvgIpc) is 3.35. The Kier molecular flexibility index (Phi) is 5.18. The van der Waals surface area contributed by atoms with Crippen molar-refractivity contribution in [1.82, 2.24) is 25.3 Å². The molecule has 31 heavy (non-hydrogen) atoms. The predicted molar refractivity (Wildman–Crippen MR) is 121 cm³/mol. The highest BCUT2D eigenvalue weighted by molar-refractivity contribution is 6.10. The lowest BCUT2D eigenvalue weighted by Gasteiger charge is -2.35. The molecule has 0 saturated carbocycles. The van der Waals surface area contributed by atoms with Gasteiger partial charge in [0.05, 0.1) is 24.1 Å². The number of aromatic nitrogens is 4. The first-order valence-electron chi connectivity index (χ1n) is 10.6. The Morgan fingerprint density at radius 1 is 1.06 bits per heavy atom. The summed E-state index contributed by atoms with van der Waals surface area (Å²) in [6.07, 6.45) is 7.02. The van der Waals surface area contributed by atoms with E-state index in [0.29, 0.717) is 5.56 Å². The van der Waals surface area contributed by atoms with Crippen LogP contribution in [0.25, 0.3) is 16.5 Å². The molecule has 1 amide bonds. The maximum atomic E-state index is 13.8. The second-order valence-electron chi connectivity index (χ2n) is 7.85. The standard InChI is InChI=1S/C24H24N6O/c1-17-4-2-5-18-11-13-26-23(22(17)18)29(21-6-3-12-25-16-21)24(31)19-7-9-20(10-8-19)30-27-14-15-28-30/h2,4-5,7-11,13-15,21,25H,3,6,12,16H2,1H3/t21-/m1/s1. The lowest BCUT2D eigenvalue weighted by Crippen LogP contribution is -2.49. The van der Waals surface area contributed by atoms with Crippen LogP contribution in [0.15, 0.2) is 67.1 Å². The summed E-state index contributed by atoms with van der Waals surface area (Å²) >= 11 is 0. The Balaban J connectivity index is 1.58. The van der Waals surface area contributed by atoms with Crippen LogP contribution in [0.1, 0.15) is 28.8 Å². The molecule has 5 rings (SSSR count). The van der Waals surface area contributed by atoms with Crippen LogP contribution in [0.5, 0.6) is 0 Å². The number of amides is 1. The minimum Gasteiger partial charge on any atom is -0.315 e. The predicted octanol–water partition coefficient (Wildman–Crippen LogP) is 3.52. The first-order valence-corrected chi connectivity index (χ1v) is 10.6. The van der Waals surface area contributed by atoms with Crippen LogP contribution in [-0.2, 0) is 0 Å². The number of piperidine rings is 1. The van der Waals surface area contributed by atoms with Gasteiger partial charge in [-0.3, -0.25) is 9.69 Å². The molecule has 1 atom stereocenters. The van der Waals surface area contributed by atoms with E-state index in [0.717, 1.165) is 53.8 Å². The summed E-state index contributed by atoms with van der Waals surface area (Å²) in [6.45, 7) is 3.80. The van der Waals surface area contributed by atoms with E-state index in [-0.39, 0.29) is 11.9 Å². The number of hydrogen-bond donors (Lipinski definition) is 1. The zero-order valence-corrected chi connectivity index (χ0v) is 17.4. The normalized spacial score (nSPS) is 16.4. The fourth-order valence-corrected chi connectivity index (χ4v) is 4.28. The van der Waals surface area contributed by atoms with Crippen LogP contribution in [0.4, 0.5) is 5.82 Å². The monoisotopic (exact) mass is 412 g/mol. The number of fused-ring (bicyclic) bond motifs is 1. The molecular formula is C24H24N6O. The van der Waals surface area contributed by atoms with Gasteiger partial charge < -0.3 is 5.32 Å². The SMILES string of the molecule is Cc1cccc2ccnc(N(C(=O)c3ccc(-n4nccn4)cc3)[C@@H]3CCCNC3)c12. The van der Waals surface area contributed by atoms with E-state index in [1.54, 1.807) is 18.6 Å². The summed E-state index contributed by atoms with van der Waals surface area (Å²) in [4.78, 5) is 21.9. The number of nitrogens with zero attached hydrogens (tertiary/aromatic N) is 5. The van der Waals surface area contributed by atoms with Gasteiger partial charge in [0.2, 0.25) is 0 Å². The van der Waals surface area contributed by atoms with E-state index >= 15 is 0 Å². The Morgan fingerprint density at radius 2 is 1.87 bits per heavy atom. The minimum absolute atomic E-state index is 0.0445. The summed E-state index contributed by atoms with van der Waals surface area (Å²) in [5, 5.41) is 13.9. The highest BCUT2D eigenvalue weighted by atomic mass is 16.2. The molecule has 1 fully saturated rings. The Morgan fingerprint density at radius 3 is 2.61 bits per heavy atom. The van der Waals surface area contributed by atoms with Crippen LogP contribution in [0.3, 0.4) is 0 Å². The molecule has 0 bridgehead atoms. The summed E-state index contributed by atoms with van der Waals surface area (Å²) < 4.78 is 0. The van der Waals surface area contributed by atoms with Gasteiger partial charge in [0.1, 0.15) is 5.82 Å². The van der Waals surface area contributed by atoms with Crippen molar-refractivity contribution in [2.24, 2.45) is 0 Å². The molecule has 7 nitrogen and oxygen atoms in total. The quantitative estimate of drug-likeness (QED) is 0.555. The zero-order chi connectivity index (χ0) is 21.2. The molecule has 2 aromatic heterocycles. The topological polar surface area (TPSA) is 75.9 Å². The first-order chi connectivity index (χ1) is 15.2. The molecule has 0 spiro atoms. The van der Waals surface area contributed by atoms with Crippen LogP contribution in [0.2, 0.25) is 0 Å². The van der Waals surface area contributed by atoms with E-state index < -0.39 is 0 Å². The third-order valence-corrected chi connectivity index (χ3v) is 5.83. The third-order valence-electron chi connectivity index (χ3n) is 5.83. The molecule has 156 valence electrons. The Labute approximate surface area is 180 Å². The number of carbonyl (C=O) groups excluding carboxylic acids is 1. The van der Waals surface area contributed by atoms with E-state index in [4.69, 9.17) is 4.98 Å². The van der Waals surface area contributed by atoms with Gasteiger partial charge in [0.25, 0.3) is 5.91 Å². The number of hydrogen-bond acceptors (Lipinski definition) is 5. The van der Waals surface area contributed by atoms with Crippen molar-refractivity contribution >= 4 is 22.5 Å². The molecule has 1 aliphatic rings. The van der Waals surface area contributed by atoms with Gasteiger partial charge in [-0.1, -0.05) is 18.2 Å². The highest BCUT2D eigenvalue weighted by Gasteiger charge is 2.30. The summed E-state index contributed by atoms with van der Waals surface area (Å²) in [5.74, 6) is 0.684. The first kappa shape index (κ1) is 19.4. The van der Waals surface area contributed by atoms with Gasteiger partial charge in [0, 0.05) is 23.7 Å². The molecule has 0 aliphatic carbocycles. The van der Waals surface area contributed by atoms with E-state index in [1.807, 2.05) is 41.3 Å². The van der Waals surface area contributed by atoms with Crippen molar-refractivity contribution in [3.8, 4) is 5.69 Å². The van der Waals surface area contributed by atoms with E-state index in [9.17, 15) is 4.79 Å². The van der Waals surface area contributed by atoms with Crippen molar-refractivity contribution < 1.29 is 4.79 Å². The highest BCUT2D eigenvalue weighted by Crippen LogP contribution is 2.31. The number of rotatable bonds is 4. The molecule has 4 aromatic rings. The molecule has 1 aliphatic heterocycles. The molecular weight excluding hydrogens is 388 g/mol. The largest absolute Gasteiger partial charge is 0.315 e. The smallest absolute Gasteiger partial charge is 0.259 e. The van der Waals surface area contributed by atoms with Gasteiger partial charge >= 0.3 is 0 Å². The van der Waals surface area contributed by atoms with Crippen molar-refractivity contribution in [1.29, 1.82) is 0 Å². The lowest BCUT2D eigenvalue weighted by atomic mass is 10.0. The van der Waals surface area contributed by atoms with Crippen LogP contribution in [0, 0.1) is 6.92 Å². The Bertz CT molecular complexity index is 1190. The minimum atomic E-state index is -0.0445. The van der Waals surface area contributed by atoms with Gasteiger partial charge in [-0.2, -0.15) is 15.0 Å². The fraction of sp³-hybridized carbons (Fsp3) is 0.250. The van der Waals surface area contributed by atoms with Crippen molar-refractivity contribution in [3.05, 3.63) is 78.2 Å². The zero-order valence-electron chi connectivity index (χ0n) is 17.4. The van der Waals surface area contributed by atoms with Gasteiger partial charge in [-0.25, -0.2) is 4.98 Å². The summed E-state index contributed by atoms with van der Waals surface area (Å²) in [5.41, 5.74) is 2.54. The molecule has 1 saturated heterocycles. The number of anilines is 1. The molecule has 3 heterocycles. The van der Waals surface area contributed by atoms with Crippen molar-refractivity contribution in [3.63, 3.8) is 0 Å². The van der Waals surface area contributed by atoms with Gasteiger partial charge in [-0.05, 0) is 67.6 Å². The number of pyridine rings is 1. The number of carbonyl (C=O) groups is 1. The molecule has 0 unspecified atom stereocenters. The number of benzene rings is 2. The maximum absolute atomic E-state index is 13.8. The molecule has 7 heteroatoms. The van der Waals surface area contributed by atoms with Crippen LogP contribution < -0.4 is 10.2 Å². The lowest BCUT2D eigenvalue weighted by molar-refractivity contribution is 0.0972. The molecule has 0 radical (unpaired) electrons. The second-order valence-corrected chi connectivity index (χ2v) is 7.85. The average molecular weight is 412 g/mol. The van der Waals surface area contributed by atoms with Crippen molar-refractivity contribution in [2.75, 3.05) is 18.0 Å². The second kappa shape index (κ2) is 8.28. The van der Waals surface area contributed by atoms with E-state index in [1.165, 1.54) is 4.80 Å². The third kappa shape index (κ3) is 3.68. The molecule has 2 aromatic carbocycles. The van der Waals surface area contributed by atoms with Gasteiger partial charge in [-0.15, -0.1) is 0 Å². The summed E-state index contributed by atoms with van der Waals surface area (Å²) in [7, 11) is 0. The number of aryl methyl sites for hydroxylation is 1. The van der Waals surface area contributed by atoms with Crippen LogP contribution in [-0.4, -0.2) is 45.0 Å². The molecule has 1 N–H and O–H groups in total. The van der Waals surface area contributed by atoms with Crippen molar-refractivity contribution in [2.45, 2.75) is 25.8 Å². The summed E-state index contributed by atoms with van der Waals surface area (Å²) in [6, 6.07) is 15.6. The van der Waals surface area contributed by atoms with Gasteiger partial charge in [0.15, 0.2) is 0 Å². The number of nitrogens with one attached hydrogen (secondary N) is 1. The van der Waals surface area contributed by atoms with E-state index in [2.05, 4.69) is 34.6 Å².